The highest BCUT2D eigenvalue weighted by Gasteiger charge is 2.12. The normalized spacial score (nSPS) is 10.9. The Bertz CT molecular complexity index is 793. The van der Waals surface area contributed by atoms with Gasteiger partial charge < -0.3 is 0 Å². The molecule has 1 N–H and O–H groups in total. The maximum Gasteiger partial charge on any atom is 0.236 e. The van der Waals surface area contributed by atoms with Crippen LogP contribution in [-0.4, -0.2) is 8.42 Å². The van der Waals surface area contributed by atoms with Crippen LogP contribution in [0.25, 0.3) is 0 Å². The second-order valence-electron chi connectivity index (χ2n) is 4.63. The molecule has 2 rings (SSSR count). The Kier molecular flexibility index (Phi) is 4.51. The second kappa shape index (κ2) is 6.17. The molecule has 0 fully saturated rings. The van der Waals surface area contributed by atoms with Gasteiger partial charge in [0.25, 0.3) is 0 Å². The first kappa shape index (κ1) is 15.4. The van der Waals surface area contributed by atoms with Gasteiger partial charge in [0.05, 0.1) is 17.4 Å². The van der Waals surface area contributed by atoms with Crippen molar-refractivity contribution in [3.05, 3.63) is 64.2 Å². The highest BCUT2D eigenvalue weighted by atomic mass is 35.5. The van der Waals surface area contributed by atoms with Crippen molar-refractivity contribution in [3.63, 3.8) is 0 Å². The molecule has 0 bridgehead atoms. The van der Waals surface area contributed by atoms with E-state index in [1.165, 1.54) is 0 Å². The zero-order valence-electron chi connectivity index (χ0n) is 11.3. The third-order valence-electron chi connectivity index (χ3n) is 2.88. The summed E-state index contributed by atoms with van der Waals surface area (Å²) in [4.78, 5) is 0. The fourth-order valence-corrected chi connectivity index (χ4v) is 3.14. The van der Waals surface area contributed by atoms with Gasteiger partial charge in [0.2, 0.25) is 10.0 Å². The van der Waals surface area contributed by atoms with Crippen LogP contribution in [0.3, 0.4) is 0 Å². The SMILES string of the molecule is Cc1ccc(NS(=O)(=O)Cc2ccc(C#N)cc2)cc1Cl. The lowest BCUT2D eigenvalue weighted by molar-refractivity contribution is 0.600. The van der Waals surface area contributed by atoms with Gasteiger partial charge in [0.15, 0.2) is 0 Å². The molecule has 4 nitrogen and oxygen atoms in total. The predicted octanol–water partition coefficient (Wildman–Crippen LogP) is 3.46. The monoisotopic (exact) mass is 320 g/mol. The molecule has 108 valence electrons. The van der Waals surface area contributed by atoms with E-state index in [-0.39, 0.29) is 5.75 Å². The lowest BCUT2D eigenvalue weighted by Gasteiger charge is -2.09. The number of nitrogens with zero attached hydrogens (tertiary/aromatic N) is 1. The van der Waals surface area contributed by atoms with E-state index in [4.69, 9.17) is 16.9 Å². The van der Waals surface area contributed by atoms with Crippen LogP contribution in [-0.2, 0) is 15.8 Å². The van der Waals surface area contributed by atoms with Crippen LogP contribution in [0.1, 0.15) is 16.7 Å². The van der Waals surface area contributed by atoms with Gasteiger partial charge in [-0.15, -0.1) is 0 Å². The van der Waals surface area contributed by atoms with Crippen molar-refractivity contribution in [1.82, 2.24) is 0 Å². The number of hydrogen-bond acceptors (Lipinski definition) is 3. The Hall–Kier alpha value is -2.03. The summed E-state index contributed by atoms with van der Waals surface area (Å²) in [6, 6.07) is 13.4. The summed E-state index contributed by atoms with van der Waals surface area (Å²) in [7, 11) is -3.53. The summed E-state index contributed by atoms with van der Waals surface area (Å²) >= 11 is 5.97. The van der Waals surface area contributed by atoms with E-state index in [0.29, 0.717) is 21.8 Å². The van der Waals surface area contributed by atoms with Crippen molar-refractivity contribution < 1.29 is 8.42 Å². The van der Waals surface area contributed by atoms with E-state index in [1.807, 2.05) is 13.0 Å². The van der Waals surface area contributed by atoms with Gasteiger partial charge >= 0.3 is 0 Å². The van der Waals surface area contributed by atoms with Crippen molar-refractivity contribution in [2.75, 3.05) is 4.72 Å². The summed E-state index contributed by atoms with van der Waals surface area (Å²) in [6.07, 6.45) is 0. The van der Waals surface area contributed by atoms with Crippen molar-refractivity contribution in [2.24, 2.45) is 0 Å². The number of hydrogen-bond donors (Lipinski definition) is 1. The number of halogens is 1. The minimum absolute atomic E-state index is 0.162. The van der Waals surface area contributed by atoms with E-state index in [9.17, 15) is 8.42 Å². The van der Waals surface area contributed by atoms with Crippen molar-refractivity contribution in [2.45, 2.75) is 12.7 Å². The Labute approximate surface area is 129 Å². The largest absolute Gasteiger partial charge is 0.283 e. The van der Waals surface area contributed by atoms with Crippen LogP contribution in [0.2, 0.25) is 5.02 Å². The summed E-state index contributed by atoms with van der Waals surface area (Å²) in [5, 5.41) is 9.22. The maximum atomic E-state index is 12.1. The third-order valence-corrected chi connectivity index (χ3v) is 4.55. The fourth-order valence-electron chi connectivity index (χ4n) is 1.77. The molecule has 2 aromatic rings. The third kappa shape index (κ3) is 4.22. The molecular formula is C15H13ClN2O2S. The van der Waals surface area contributed by atoms with E-state index < -0.39 is 10.0 Å². The molecule has 0 aliphatic rings. The average molecular weight is 321 g/mol. The zero-order valence-corrected chi connectivity index (χ0v) is 12.9. The van der Waals surface area contributed by atoms with E-state index in [0.717, 1.165) is 5.56 Å². The van der Waals surface area contributed by atoms with Crippen molar-refractivity contribution in [3.8, 4) is 6.07 Å². The molecule has 0 saturated heterocycles. The molecule has 2 aromatic carbocycles. The minimum Gasteiger partial charge on any atom is -0.283 e. The molecule has 0 amide bonds. The van der Waals surface area contributed by atoms with E-state index in [2.05, 4.69) is 4.72 Å². The average Bonchev–Trinajstić information content (AvgIpc) is 2.43. The first-order valence-electron chi connectivity index (χ1n) is 6.15. The smallest absolute Gasteiger partial charge is 0.236 e. The zero-order chi connectivity index (χ0) is 15.5. The van der Waals surface area contributed by atoms with Gasteiger partial charge in [-0.3, -0.25) is 4.72 Å². The fraction of sp³-hybridized carbons (Fsp3) is 0.133. The molecule has 0 aliphatic heterocycles. The van der Waals surface area contributed by atoms with Gasteiger partial charge in [-0.1, -0.05) is 29.8 Å². The molecule has 0 unspecified atom stereocenters. The summed E-state index contributed by atoms with van der Waals surface area (Å²) in [5.41, 5.74) is 2.42. The van der Waals surface area contributed by atoms with Crippen LogP contribution in [0, 0.1) is 18.3 Å². The van der Waals surface area contributed by atoms with Gasteiger partial charge in [-0.25, -0.2) is 8.42 Å². The predicted molar refractivity (Wildman–Crippen MR) is 83.6 cm³/mol. The number of aryl methyl sites for hydroxylation is 1. The quantitative estimate of drug-likeness (QED) is 0.937. The Morgan fingerprint density at radius 3 is 2.43 bits per heavy atom. The minimum atomic E-state index is -3.53. The molecule has 0 heterocycles. The lowest BCUT2D eigenvalue weighted by Crippen LogP contribution is -2.15. The molecule has 0 atom stereocenters. The summed E-state index contributed by atoms with van der Waals surface area (Å²) in [5.74, 6) is -0.162. The van der Waals surface area contributed by atoms with Crippen molar-refractivity contribution in [1.29, 1.82) is 5.26 Å². The molecule has 0 radical (unpaired) electrons. The van der Waals surface area contributed by atoms with E-state index in [1.54, 1.807) is 42.5 Å². The molecule has 0 saturated carbocycles. The summed E-state index contributed by atoms with van der Waals surface area (Å²) < 4.78 is 26.7. The first-order chi connectivity index (χ1) is 9.89. The summed E-state index contributed by atoms with van der Waals surface area (Å²) in [6.45, 7) is 1.84. The molecule has 0 spiro atoms. The molecule has 21 heavy (non-hydrogen) atoms. The van der Waals surface area contributed by atoms with Gasteiger partial charge in [-0.05, 0) is 42.3 Å². The first-order valence-corrected chi connectivity index (χ1v) is 8.18. The van der Waals surface area contributed by atoms with Gasteiger partial charge in [0, 0.05) is 10.7 Å². The highest BCUT2D eigenvalue weighted by Crippen LogP contribution is 2.21. The molecule has 0 aliphatic carbocycles. The van der Waals surface area contributed by atoms with E-state index >= 15 is 0 Å². The van der Waals surface area contributed by atoms with Crippen molar-refractivity contribution >= 4 is 27.3 Å². The van der Waals surface area contributed by atoms with Crippen LogP contribution >= 0.6 is 11.6 Å². The molecule has 0 aromatic heterocycles. The van der Waals surface area contributed by atoms with Gasteiger partial charge in [0.1, 0.15) is 0 Å². The van der Waals surface area contributed by atoms with Crippen LogP contribution in [0.15, 0.2) is 42.5 Å². The number of sulfonamides is 1. The Morgan fingerprint density at radius 2 is 1.86 bits per heavy atom. The Morgan fingerprint density at radius 1 is 1.19 bits per heavy atom. The van der Waals surface area contributed by atoms with Crippen LogP contribution in [0.5, 0.6) is 0 Å². The number of benzene rings is 2. The topological polar surface area (TPSA) is 70.0 Å². The van der Waals surface area contributed by atoms with Crippen LogP contribution in [0.4, 0.5) is 5.69 Å². The number of nitrogens with one attached hydrogen (secondary N) is 1. The van der Waals surface area contributed by atoms with Gasteiger partial charge in [-0.2, -0.15) is 5.26 Å². The standard InChI is InChI=1S/C15H13ClN2O2S/c1-11-2-7-14(8-15(11)16)18-21(19,20)10-13-5-3-12(9-17)4-6-13/h2-8,18H,10H2,1H3. The molecular weight excluding hydrogens is 308 g/mol. The number of anilines is 1. The number of rotatable bonds is 4. The van der Waals surface area contributed by atoms with Crippen LogP contribution < -0.4 is 4.72 Å². The maximum absolute atomic E-state index is 12.1. The number of nitriles is 1. The highest BCUT2D eigenvalue weighted by molar-refractivity contribution is 7.91. The lowest BCUT2D eigenvalue weighted by atomic mass is 10.2. The Balaban J connectivity index is 2.14. The second-order valence-corrected chi connectivity index (χ2v) is 6.76. The molecule has 6 heteroatoms.